The molecule has 1 aliphatic heterocycles. The Bertz CT molecular complexity index is 470. The highest BCUT2D eigenvalue weighted by molar-refractivity contribution is 5.95. The second kappa shape index (κ2) is 6.72. The van der Waals surface area contributed by atoms with Crippen molar-refractivity contribution in [2.24, 2.45) is 0 Å². The molecule has 3 N–H and O–H groups in total. The first-order valence-corrected chi connectivity index (χ1v) is 6.96. The van der Waals surface area contributed by atoms with Crippen LogP contribution in [-0.2, 0) is 14.3 Å². The third kappa shape index (κ3) is 3.95. The molecule has 2 atom stereocenters. The lowest BCUT2D eigenvalue weighted by atomic mass is 10.1. The molecule has 0 radical (unpaired) electrons. The highest BCUT2D eigenvalue weighted by Crippen LogP contribution is 2.19. The quantitative estimate of drug-likeness (QED) is 0.809. The van der Waals surface area contributed by atoms with Crippen LogP contribution in [0.3, 0.4) is 0 Å². The lowest BCUT2D eigenvalue weighted by Gasteiger charge is -2.17. The van der Waals surface area contributed by atoms with E-state index in [1.165, 1.54) is 0 Å². The Hall–Kier alpha value is -1.59. The summed E-state index contributed by atoms with van der Waals surface area (Å²) in [5.74, 6) is -0.170. The molecule has 0 spiro atoms. The molecule has 1 amide bonds. The fourth-order valence-corrected chi connectivity index (χ4v) is 2.11. The van der Waals surface area contributed by atoms with E-state index in [9.17, 15) is 4.79 Å². The van der Waals surface area contributed by atoms with Gasteiger partial charge in [-0.05, 0) is 44.4 Å². The van der Waals surface area contributed by atoms with Gasteiger partial charge in [-0.1, -0.05) is 6.07 Å². The molecule has 1 aliphatic rings. The van der Waals surface area contributed by atoms with Crippen molar-refractivity contribution in [3.8, 4) is 0 Å². The van der Waals surface area contributed by atoms with E-state index in [1.54, 1.807) is 13.0 Å². The molecule has 5 heteroatoms. The molecule has 0 aromatic heterocycles. The minimum Gasteiger partial charge on any atom is -0.399 e. The van der Waals surface area contributed by atoms with E-state index in [2.05, 4.69) is 5.32 Å². The Balaban J connectivity index is 1.85. The first kappa shape index (κ1) is 14.8. The predicted octanol–water partition coefficient (Wildman–Crippen LogP) is 2.10. The molecule has 2 rings (SSSR count). The Morgan fingerprint density at radius 1 is 1.60 bits per heavy atom. The zero-order chi connectivity index (χ0) is 14.5. The molecule has 20 heavy (non-hydrogen) atoms. The molecule has 1 fully saturated rings. The van der Waals surface area contributed by atoms with Crippen molar-refractivity contribution in [3.63, 3.8) is 0 Å². The number of carbonyl (C=O) groups is 1. The maximum Gasteiger partial charge on any atom is 0.253 e. The molecular formula is C15H22N2O3. The van der Waals surface area contributed by atoms with Crippen molar-refractivity contribution in [1.29, 1.82) is 0 Å². The summed E-state index contributed by atoms with van der Waals surface area (Å²) in [5.41, 5.74) is 8.04. The molecule has 1 aromatic rings. The van der Waals surface area contributed by atoms with Gasteiger partial charge in [-0.2, -0.15) is 0 Å². The van der Waals surface area contributed by atoms with E-state index >= 15 is 0 Å². The van der Waals surface area contributed by atoms with Crippen molar-refractivity contribution in [2.75, 3.05) is 24.3 Å². The van der Waals surface area contributed by atoms with E-state index in [1.807, 2.05) is 19.1 Å². The molecule has 0 saturated carbocycles. The van der Waals surface area contributed by atoms with E-state index in [0.717, 1.165) is 30.7 Å². The van der Waals surface area contributed by atoms with Crippen LogP contribution in [0, 0.1) is 6.92 Å². The van der Waals surface area contributed by atoms with Gasteiger partial charge in [-0.3, -0.25) is 4.79 Å². The van der Waals surface area contributed by atoms with Gasteiger partial charge in [0.1, 0.15) is 6.10 Å². The Kier molecular flexibility index (Phi) is 4.98. The number of ether oxygens (including phenoxy) is 2. The summed E-state index contributed by atoms with van der Waals surface area (Å²) < 4.78 is 11.0. The topological polar surface area (TPSA) is 73.6 Å². The van der Waals surface area contributed by atoms with Crippen LogP contribution < -0.4 is 11.1 Å². The Labute approximate surface area is 119 Å². The minimum absolute atomic E-state index is 0.124. The van der Waals surface area contributed by atoms with Gasteiger partial charge in [0, 0.05) is 18.0 Å². The second-order valence-corrected chi connectivity index (χ2v) is 5.17. The van der Waals surface area contributed by atoms with Gasteiger partial charge in [0.25, 0.3) is 5.91 Å². The summed E-state index contributed by atoms with van der Waals surface area (Å²) in [5, 5.41) is 2.84. The average molecular weight is 278 g/mol. The fraction of sp³-hybridized carbons (Fsp3) is 0.533. The van der Waals surface area contributed by atoms with Gasteiger partial charge in [-0.25, -0.2) is 0 Å². The number of amides is 1. The van der Waals surface area contributed by atoms with Crippen LogP contribution in [0.5, 0.6) is 0 Å². The molecule has 0 bridgehead atoms. The Morgan fingerprint density at radius 3 is 3.10 bits per heavy atom. The van der Waals surface area contributed by atoms with E-state index < -0.39 is 6.10 Å². The summed E-state index contributed by atoms with van der Waals surface area (Å²) >= 11 is 0. The highest BCUT2D eigenvalue weighted by atomic mass is 16.5. The van der Waals surface area contributed by atoms with E-state index in [-0.39, 0.29) is 12.0 Å². The normalized spacial score (nSPS) is 19.8. The predicted molar refractivity (Wildman–Crippen MR) is 78.6 cm³/mol. The summed E-state index contributed by atoms with van der Waals surface area (Å²) in [4.78, 5) is 12.1. The molecule has 1 saturated heterocycles. The molecular weight excluding hydrogens is 256 g/mol. The number of hydrogen-bond donors (Lipinski definition) is 2. The van der Waals surface area contributed by atoms with Crippen LogP contribution in [0.2, 0.25) is 0 Å². The maximum atomic E-state index is 12.1. The number of aryl methyl sites for hydroxylation is 1. The van der Waals surface area contributed by atoms with Gasteiger partial charge >= 0.3 is 0 Å². The monoisotopic (exact) mass is 278 g/mol. The number of carbonyl (C=O) groups excluding carboxylic acids is 1. The maximum absolute atomic E-state index is 12.1. The number of nitrogens with two attached hydrogens (primary N) is 1. The van der Waals surface area contributed by atoms with Gasteiger partial charge in [0.15, 0.2) is 0 Å². The number of nitrogen functional groups attached to an aromatic ring is 1. The Morgan fingerprint density at radius 2 is 2.40 bits per heavy atom. The SMILES string of the molecule is Cc1ccc(N)cc1NC(=O)C(C)OCC1CCCO1. The fourth-order valence-electron chi connectivity index (χ4n) is 2.11. The van der Waals surface area contributed by atoms with Crippen LogP contribution in [0.1, 0.15) is 25.3 Å². The van der Waals surface area contributed by atoms with Crippen molar-refractivity contribution in [1.82, 2.24) is 0 Å². The number of anilines is 2. The first-order chi connectivity index (χ1) is 9.56. The minimum atomic E-state index is -0.514. The zero-order valence-corrected chi connectivity index (χ0v) is 12.0. The van der Waals surface area contributed by atoms with Gasteiger partial charge < -0.3 is 20.5 Å². The van der Waals surface area contributed by atoms with Crippen LogP contribution in [0.4, 0.5) is 11.4 Å². The average Bonchev–Trinajstić information content (AvgIpc) is 2.93. The number of hydrogen-bond acceptors (Lipinski definition) is 4. The van der Waals surface area contributed by atoms with Gasteiger partial charge in [-0.15, -0.1) is 0 Å². The summed E-state index contributed by atoms with van der Waals surface area (Å²) in [6, 6.07) is 5.44. The lowest BCUT2D eigenvalue weighted by Crippen LogP contribution is -2.30. The lowest BCUT2D eigenvalue weighted by molar-refractivity contribution is -0.128. The van der Waals surface area contributed by atoms with E-state index in [4.69, 9.17) is 15.2 Å². The number of nitrogens with one attached hydrogen (secondary N) is 1. The standard InChI is InChI=1S/C15H22N2O3/c1-10-5-6-12(16)8-14(10)17-15(18)11(2)20-9-13-4-3-7-19-13/h5-6,8,11,13H,3-4,7,9,16H2,1-2H3,(H,17,18). The van der Waals surface area contributed by atoms with Crippen molar-refractivity contribution < 1.29 is 14.3 Å². The van der Waals surface area contributed by atoms with Crippen LogP contribution >= 0.6 is 0 Å². The highest BCUT2D eigenvalue weighted by Gasteiger charge is 2.20. The number of rotatable bonds is 5. The molecule has 0 aliphatic carbocycles. The molecule has 1 heterocycles. The first-order valence-electron chi connectivity index (χ1n) is 6.96. The third-order valence-electron chi connectivity index (χ3n) is 3.44. The third-order valence-corrected chi connectivity index (χ3v) is 3.44. The van der Waals surface area contributed by atoms with Crippen molar-refractivity contribution in [3.05, 3.63) is 23.8 Å². The summed E-state index contributed by atoms with van der Waals surface area (Å²) in [6.45, 7) is 4.92. The summed E-state index contributed by atoms with van der Waals surface area (Å²) in [6.07, 6.45) is 1.68. The van der Waals surface area contributed by atoms with Gasteiger partial charge in [0.2, 0.25) is 0 Å². The molecule has 2 unspecified atom stereocenters. The molecule has 5 nitrogen and oxygen atoms in total. The zero-order valence-electron chi connectivity index (χ0n) is 12.0. The van der Waals surface area contributed by atoms with Crippen LogP contribution in [0.25, 0.3) is 0 Å². The summed E-state index contributed by atoms with van der Waals surface area (Å²) in [7, 11) is 0. The smallest absolute Gasteiger partial charge is 0.253 e. The van der Waals surface area contributed by atoms with Crippen molar-refractivity contribution in [2.45, 2.75) is 38.9 Å². The number of benzene rings is 1. The molecule has 110 valence electrons. The van der Waals surface area contributed by atoms with Crippen molar-refractivity contribution >= 4 is 17.3 Å². The molecule has 1 aromatic carbocycles. The largest absolute Gasteiger partial charge is 0.399 e. The van der Waals surface area contributed by atoms with E-state index in [0.29, 0.717) is 12.3 Å². The van der Waals surface area contributed by atoms with Crippen LogP contribution in [-0.4, -0.2) is 31.3 Å². The van der Waals surface area contributed by atoms with Gasteiger partial charge in [0.05, 0.1) is 12.7 Å². The van der Waals surface area contributed by atoms with Crippen LogP contribution in [0.15, 0.2) is 18.2 Å². The second-order valence-electron chi connectivity index (χ2n) is 5.17.